The Morgan fingerprint density at radius 2 is 1.95 bits per heavy atom. The number of hydrogen-bond acceptors (Lipinski definition) is 2. The van der Waals surface area contributed by atoms with Crippen molar-refractivity contribution in [3.05, 3.63) is 28.8 Å². The monoisotopic (exact) mass is 336 g/mol. The smallest absolute Gasteiger partial charge is 0.325 e. The van der Waals surface area contributed by atoms with Gasteiger partial charge in [0.05, 0.1) is 16.3 Å². The van der Waals surface area contributed by atoms with Gasteiger partial charge in [-0.15, -0.1) is 0 Å². The highest BCUT2D eigenvalue weighted by molar-refractivity contribution is 6.33. The Morgan fingerprint density at radius 1 is 1.27 bits per heavy atom. The second kappa shape index (κ2) is 8.39. The standard InChI is InChI=1S/C15H20ClF3N2O/c1-10(2)5-7-20-8-6-14(22)21-13-9-11(15(17,18)19)3-4-12(13)16/h3-4,9-10,20H,5-8H2,1-2H3,(H,21,22). The maximum Gasteiger partial charge on any atom is 0.416 e. The van der Waals surface area contributed by atoms with E-state index < -0.39 is 11.7 Å². The van der Waals surface area contributed by atoms with E-state index in [2.05, 4.69) is 24.5 Å². The predicted octanol–water partition coefficient (Wildman–Crippen LogP) is 4.32. The molecular formula is C15H20ClF3N2O. The van der Waals surface area contributed by atoms with E-state index in [4.69, 9.17) is 11.6 Å². The average Bonchev–Trinajstić information content (AvgIpc) is 2.39. The van der Waals surface area contributed by atoms with E-state index >= 15 is 0 Å². The molecule has 0 unspecified atom stereocenters. The zero-order valence-corrected chi connectivity index (χ0v) is 13.3. The average molecular weight is 337 g/mol. The first-order valence-corrected chi connectivity index (χ1v) is 7.45. The molecule has 124 valence electrons. The van der Waals surface area contributed by atoms with E-state index in [1.807, 2.05) is 0 Å². The summed E-state index contributed by atoms with van der Waals surface area (Å²) in [6.07, 6.45) is -3.30. The number of hydrogen-bond donors (Lipinski definition) is 2. The van der Waals surface area contributed by atoms with Gasteiger partial charge in [-0.2, -0.15) is 13.2 Å². The van der Waals surface area contributed by atoms with Crippen molar-refractivity contribution >= 4 is 23.2 Å². The van der Waals surface area contributed by atoms with Crippen molar-refractivity contribution in [3.8, 4) is 0 Å². The summed E-state index contributed by atoms with van der Waals surface area (Å²) in [6.45, 7) is 5.47. The van der Waals surface area contributed by atoms with Crippen LogP contribution in [0, 0.1) is 5.92 Å². The maximum absolute atomic E-state index is 12.6. The van der Waals surface area contributed by atoms with Crippen LogP contribution in [0.1, 0.15) is 32.3 Å². The van der Waals surface area contributed by atoms with Crippen molar-refractivity contribution in [2.75, 3.05) is 18.4 Å². The van der Waals surface area contributed by atoms with Gasteiger partial charge in [-0.1, -0.05) is 25.4 Å². The first kappa shape index (κ1) is 18.8. The van der Waals surface area contributed by atoms with Gasteiger partial charge < -0.3 is 10.6 Å². The van der Waals surface area contributed by atoms with Gasteiger partial charge in [0.25, 0.3) is 0 Å². The number of rotatable bonds is 7. The molecule has 0 atom stereocenters. The van der Waals surface area contributed by atoms with Crippen LogP contribution in [0.4, 0.5) is 18.9 Å². The molecule has 7 heteroatoms. The molecule has 0 saturated carbocycles. The second-order valence-corrected chi connectivity index (χ2v) is 5.83. The van der Waals surface area contributed by atoms with Crippen LogP contribution < -0.4 is 10.6 Å². The summed E-state index contributed by atoms with van der Waals surface area (Å²) in [5.74, 6) is 0.198. The Kier molecular flexibility index (Phi) is 7.16. The van der Waals surface area contributed by atoms with Gasteiger partial charge in [-0.05, 0) is 37.1 Å². The molecule has 0 bridgehead atoms. The minimum atomic E-state index is -4.47. The maximum atomic E-state index is 12.6. The Hall–Kier alpha value is -1.27. The van der Waals surface area contributed by atoms with Gasteiger partial charge in [0.15, 0.2) is 0 Å². The molecule has 0 fully saturated rings. The third kappa shape index (κ3) is 6.66. The third-order valence-corrected chi connectivity index (χ3v) is 3.32. The van der Waals surface area contributed by atoms with Crippen LogP contribution in [0.25, 0.3) is 0 Å². The fourth-order valence-corrected chi connectivity index (χ4v) is 1.89. The molecule has 0 saturated heterocycles. The Bertz CT molecular complexity index is 504. The van der Waals surface area contributed by atoms with Gasteiger partial charge in [-0.25, -0.2) is 0 Å². The topological polar surface area (TPSA) is 41.1 Å². The minimum Gasteiger partial charge on any atom is -0.325 e. The van der Waals surface area contributed by atoms with E-state index in [-0.39, 0.29) is 23.0 Å². The first-order chi connectivity index (χ1) is 10.2. The number of halogens is 4. The summed E-state index contributed by atoms with van der Waals surface area (Å²) in [5.41, 5.74) is -0.870. The van der Waals surface area contributed by atoms with E-state index in [9.17, 15) is 18.0 Å². The van der Waals surface area contributed by atoms with E-state index in [0.717, 1.165) is 31.2 Å². The van der Waals surface area contributed by atoms with Crippen LogP contribution in [0.5, 0.6) is 0 Å². The fraction of sp³-hybridized carbons (Fsp3) is 0.533. The molecule has 0 aliphatic rings. The summed E-state index contributed by atoms with van der Waals surface area (Å²) in [5, 5.41) is 5.60. The van der Waals surface area contributed by atoms with Crippen LogP contribution in [-0.4, -0.2) is 19.0 Å². The number of amides is 1. The normalized spacial score (nSPS) is 11.8. The Labute approximate surface area is 133 Å². The molecule has 0 heterocycles. The fourth-order valence-electron chi connectivity index (χ4n) is 1.73. The minimum absolute atomic E-state index is 0.0244. The van der Waals surface area contributed by atoms with Gasteiger partial charge in [0.2, 0.25) is 5.91 Å². The molecule has 1 aromatic rings. The lowest BCUT2D eigenvalue weighted by Gasteiger charge is -2.12. The summed E-state index contributed by atoms with van der Waals surface area (Å²) >= 11 is 5.81. The van der Waals surface area contributed by atoms with Crippen molar-refractivity contribution in [1.29, 1.82) is 0 Å². The number of nitrogens with one attached hydrogen (secondary N) is 2. The molecule has 22 heavy (non-hydrogen) atoms. The van der Waals surface area contributed by atoms with Crippen molar-refractivity contribution in [1.82, 2.24) is 5.32 Å². The lowest BCUT2D eigenvalue weighted by Crippen LogP contribution is -2.23. The van der Waals surface area contributed by atoms with E-state index in [1.54, 1.807) is 0 Å². The van der Waals surface area contributed by atoms with Gasteiger partial charge in [0.1, 0.15) is 0 Å². The van der Waals surface area contributed by atoms with Crippen molar-refractivity contribution in [3.63, 3.8) is 0 Å². The molecule has 0 aromatic heterocycles. The lowest BCUT2D eigenvalue weighted by atomic mass is 10.1. The molecule has 0 aliphatic carbocycles. The lowest BCUT2D eigenvalue weighted by molar-refractivity contribution is -0.137. The van der Waals surface area contributed by atoms with Crippen LogP contribution >= 0.6 is 11.6 Å². The molecule has 0 radical (unpaired) electrons. The summed E-state index contributed by atoms with van der Waals surface area (Å²) < 4.78 is 37.9. The largest absolute Gasteiger partial charge is 0.416 e. The highest BCUT2D eigenvalue weighted by atomic mass is 35.5. The van der Waals surface area contributed by atoms with Gasteiger partial charge in [0, 0.05) is 13.0 Å². The quantitative estimate of drug-likeness (QED) is 0.728. The number of benzene rings is 1. The third-order valence-electron chi connectivity index (χ3n) is 3.00. The SMILES string of the molecule is CC(C)CCNCCC(=O)Nc1cc(C(F)(F)F)ccc1Cl. The van der Waals surface area contributed by atoms with Crippen LogP contribution in [0.2, 0.25) is 5.02 Å². The molecular weight excluding hydrogens is 317 g/mol. The zero-order chi connectivity index (χ0) is 16.8. The van der Waals surface area contributed by atoms with Crippen LogP contribution in [-0.2, 0) is 11.0 Å². The number of carbonyl (C=O) groups excluding carboxylic acids is 1. The van der Waals surface area contributed by atoms with Crippen LogP contribution in [0.15, 0.2) is 18.2 Å². The number of carbonyl (C=O) groups is 1. The Morgan fingerprint density at radius 3 is 2.55 bits per heavy atom. The molecule has 2 N–H and O–H groups in total. The highest BCUT2D eigenvalue weighted by Crippen LogP contribution is 2.33. The van der Waals surface area contributed by atoms with Crippen molar-refractivity contribution < 1.29 is 18.0 Å². The summed E-state index contributed by atoms with van der Waals surface area (Å²) in [6, 6.07) is 2.85. The highest BCUT2D eigenvalue weighted by Gasteiger charge is 2.31. The van der Waals surface area contributed by atoms with Gasteiger partial charge in [-0.3, -0.25) is 4.79 Å². The first-order valence-electron chi connectivity index (χ1n) is 7.07. The van der Waals surface area contributed by atoms with E-state index in [1.165, 1.54) is 0 Å². The van der Waals surface area contributed by atoms with E-state index in [0.29, 0.717) is 12.5 Å². The molecule has 0 spiro atoms. The number of anilines is 1. The predicted molar refractivity (Wildman–Crippen MR) is 82.0 cm³/mol. The molecule has 3 nitrogen and oxygen atoms in total. The van der Waals surface area contributed by atoms with Crippen LogP contribution in [0.3, 0.4) is 0 Å². The summed E-state index contributed by atoms with van der Waals surface area (Å²) in [7, 11) is 0. The summed E-state index contributed by atoms with van der Waals surface area (Å²) in [4.78, 5) is 11.7. The van der Waals surface area contributed by atoms with Crippen molar-refractivity contribution in [2.24, 2.45) is 5.92 Å². The van der Waals surface area contributed by atoms with Crippen molar-refractivity contribution in [2.45, 2.75) is 32.9 Å². The molecule has 1 rings (SSSR count). The molecule has 1 aromatic carbocycles. The zero-order valence-electron chi connectivity index (χ0n) is 12.6. The molecule has 1 amide bonds. The Balaban J connectivity index is 2.50. The second-order valence-electron chi connectivity index (χ2n) is 5.42. The molecule has 0 aliphatic heterocycles. The van der Waals surface area contributed by atoms with Gasteiger partial charge >= 0.3 is 6.18 Å². The number of alkyl halides is 3.